The van der Waals surface area contributed by atoms with E-state index in [0.717, 1.165) is 11.0 Å². The van der Waals surface area contributed by atoms with E-state index in [1.54, 1.807) is 6.07 Å². The monoisotopic (exact) mass is 301 g/mol. The van der Waals surface area contributed by atoms with E-state index >= 15 is 0 Å². The van der Waals surface area contributed by atoms with Crippen LogP contribution in [0.1, 0.15) is 18.9 Å². The zero-order chi connectivity index (χ0) is 12.8. The van der Waals surface area contributed by atoms with Crippen LogP contribution in [0.2, 0.25) is 0 Å². The average molecular weight is 302 g/mol. The van der Waals surface area contributed by atoms with Gasteiger partial charge in [0, 0.05) is 29.5 Å². The summed E-state index contributed by atoms with van der Waals surface area (Å²) in [6.45, 7) is 4.05. The molecule has 1 aromatic rings. The number of hydrogen-bond acceptors (Lipinski definition) is 2. The number of nitrogens with zero attached hydrogens (tertiary/aromatic N) is 1. The van der Waals surface area contributed by atoms with Crippen molar-refractivity contribution < 1.29 is 4.39 Å². The number of rotatable bonds is 6. The van der Waals surface area contributed by atoms with Crippen molar-refractivity contribution in [2.24, 2.45) is 5.73 Å². The van der Waals surface area contributed by atoms with E-state index in [1.165, 1.54) is 6.07 Å². The predicted molar refractivity (Wildman–Crippen MR) is 71.6 cm³/mol. The fraction of sp³-hybridized carbons (Fsp3) is 0.417. The first-order chi connectivity index (χ1) is 8.02. The largest absolute Gasteiger partial charge is 0.388 e. The molecular formula is C12H17BrFN3. The zero-order valence-corrected chi connectivity index (χ0v) is 11.4. The van der Waals surface area contributed by atoms with Gasteiger partial charge in [0.2, 0.25) is 0 Å². The van der Waals surface area contributed by atoms with Crippen molar-refractivity contribution >= 4 is 21.8 Å². The third-order valence-corrected chi connectivity index (χ3v) is 3.05. The lowest BCUT2D eigenvalue weighted by atomic mass is 10.2. The van der Waals surface area contributed by atoms with Crippen LogP contribution in [0.4, 0.5) is 4.39 Å². The Morgan fingerprint density at radius 1 is 1.53 bits per heavy atom. The molecule has 1 aromatic carbocycles. The highest BCUT2D eigenvalue weighted by Gasteiger charge is 2.08. The first-order valence-electron chi connectivity index (χ1n) is 5.52. The fourth-order valence-electron chi connectivity index (χ4n) is 1.52. The van der Waals surface area contributed by atoms with Gasteiger partial charge in [-0.05, 0) is 18.7 Å². The third kappa shape index (κ3) is 4.83. The van der Waals surface area contributed by atoms with Crippen molar-refractivity contribution in [1.29, 1.82) is 5.41 Å². The number of nitrogens with one attached hydrogen (secondary N) is 1. The fourth-order valence-corrected chi connectivity index (χ4v) is 1.85. The van der Waals surface area contributed by atoms with E-state index in [4.69, 9.17) is 11.1 Å². The second-order valence-electron chi connectivity index (χ2n) is 3.88. The molecule has 94 valence electrons. The van der Waals surface area contributed by atoms with Gasteiger partial charge in [0.25, 0.3) is 0 Å². The molecule has 17 heavy (non-hydrogen) atoms. The summed E-state index contributed by atoms with van der Waals surface area (Å²) in [5, 5.41) is 7.18. The van der Waals surface area contributed by atoms with Crippen LogP contribution < -0.4 is 5.73 Å². The number of halogens is 2. The van der Waals surface area contributed by atoms with E-state index in [2.05, 4.69) is 20.8 Å². The van der Waals surface area contributed by atoms with Gasteiger partial charge in [0.15, 0.2) is 0 Å². The Morgan fingerprint density at radius 2 is 2.24 bits per heavy atom. The number of benzene rings is 1. The van der Waals surface area contributed by atoms with Crippen molar-refractivity contribution in [3.05, 3.63) is 34.1 Å². The van der Waals surface area contributed by atoms with Crippen molar-refractivity contribution in [2.75, 3.05) is 13.1 Å². The Hall–Kier alpha value is -0.940. The van der Waals surface area contributed by atoms with Crippen molar-refractivity contribution in [3.63, 3.8) is 0 Å². The molecule has 5 heteroatoms. The Labute approximate surface area is 109 Å². The van der Waals surface area contributed by atoms with Gasteiger partial charge in [-0.1, -0.05) is 28.9 Å². The van der Waals surface area contributed by atoms with Crippen LogP contribution in [0.5, 0.6) is 0 Å². The number of amidine groups is 1. The quantitative estimate of drug-likeness (QED) is 0.627. The standard InChI is InChI=1S/C12H17BrFN3/c1-2-17(6-5-12(15)16)8-9-3-4-10(13)7-11(9)14/h3-4,7H,2,5-6,8H2,1H3,(H3,15,16). The predicted octanol–water partition coefficient (Wildman–Crippen LogP) is 2.74. The second kappa shape index (κ2) is 6.71. The van der Waals surface area contributed by atoms with Crippen molar-refractivity contribution in [3.8, 4) is 0 Å². The van der Waals surface area contributed by atoms with E-state index in [0.29, 0.717) is 25.1 Å². The van der Waals surface area contributed by atoms with E-state index in [-0.39, 0.29) is 11.7 Å². The maximum absolute atomic E-state index is 13.6. The van der Waals surface area contributed by atoms with Gasteiger partial charge in [-0.25, -0.2) is 4.39 Å². The van der Waals surface area contributed by atoms with Gasteiger partial charge in [-0.15, -0.1) is 0 Å². The molecule has 0 unspecified atom stereocenters. The highest BCUT2D eigenvalue weighted by molar-refractivity contribution is 9.10. The first kappa shape index (κ1) is 14.1. The van der Waals surface area contributed by atoms with Gasteiger partial charge in [-0.3, -0.25) is 10.3 Å². The molecule has 0 spiro atoms. The lowest BCUT2D eigenvalue weighted by Crippen LogP contribution is -2.27. The molecule has 0 heterocycles. The van der Waals surface area contributed by atoms with E-state index in [1.807, 2.05) is 13.0 Å². The van der Waals surface area contributed by atoms with Crippen LogP contribution in [0.25, 0.3) is 0 Å². The third-order valence-electron chi connectivity index (χ3n) is 2.55. The molecular weight excluding hydrogens is 285 g/mol. The molecule has 1 rings (SSSR count). The molecule has 3 N–H and O–H groups in total. The Morgan fingerprint density at radius 3 is 2.76 bits per heavy atom. The zero-order valence-electron chi connectivity index (χ0n) is 9.84. The molecule has 0 radical (unpaired) electrons. The first-order valence-corrected chi connectivity index (χ1v) is 6.31. The Bertz CT molecular complexity index is 395. The van der Waals surface area contributed by atoms with Gasteiger partial charge in [0.05, 0.1) is 5.84 Å². The summed E-state index contributed by atoms with van der Waals surface area (Å²) in [4.78, 5) is 2.06. The molecule has 0 aliphatic heterocycles. The molecule has 0 aromatic heterocycles. The van der Waals surface area contributed by atoms with Crippen LogP contribution >= 0.6 is 15.9 Å². The highest BCUT2D eigenvalue weighted by Crippen LogP contribution is 2.16. The lowest BCUT2D eigenvalue weighted by Gasteiger charge is -2.20. The van der Waals surface area contributed by atoms with Crippen LogP contribution in [0, 0.1) is 11.2 Å². The van der Waals surface area contributed by atoms with Gasteiger partial charge < -0.3 is 5.73 Å². The lowest BCUT2D eigenvalue weighted by molar-refractivity contribution is 0.283. The smallest absolute Gasteiger partial charge is 0.128 e. The molecule has 0 fully saturated rings. The number of hydrogen-bond donors (Lipinski definition) is 2. The van der Waals surface area contributed by atoms with Crippen LogP contribution in [0.15, 0.2) is 22.7 Å². The molecule has 0 aliphatic rings. The highest BCUT2D eigenvalue weighted by atomic mass is 79.9. The van der Waals surface area contributed by atoms with E-state index < -0.39 is 0 Å². The molecule has 0 bridgehead atoms. The average Bonchev–Trinajstić information content (AvgIpc) is 2.26. The summed E-state index contributed by atoms with van der Waals surface area (Å²) in [5.41, 5.74) is 5.98. The van der Waals surface area contributed by atoms with Gasteiger partial charge in [0.1, 0.15) is 5.82 Å². The van der Waals surface area contributed by atoms with Gasteiger partial charge >= 0.3 is 0 Å². The van der Waals surface area contributed by atoms with Crippen LogP contribution in [-0.4, -0.2) is 23.8 Å². The summed E-state index contributed by atoms with van der Waals surface area (Å²) < 4.78 is 14.4. The molecule has 0 aliphatic carbocycles. The number of nitrogens with two attached hydrogens (primary N) is 1. The molecule has 0 atom stereocenters. The summed E-state index contributed by atoms with van der Waals surface area (Å²) in [6.07, 6.45) is 0.520. The molecule has 3 nitrogen and oxygen atoms in total. The minimum Gasteiger partial charge on any atom is -0.388 e. The van der Waals surface area contributed by atoms with E-state index in [9.17, 15) is 4.39 Å². The van der Waals surface area contributed by atoms with Gasteiger partial charge in [-0.2, -0.15) is 0 Å². The molecule has 0 saturated heterocycles. The summed E-state index contributed by atoms with van der Waals surface area (Å²) >= 11 is 3.23. The minimum atomic E-state index is -0.208. The van der Waals surface area contributed by atoms with Crippen LogP contribution in [-0.2, 0) is 6.54 Å². The van der Waals surface area contributed by atoms with Crippen LogP contribution in [0.3, 0.4) is 0 Å². The minimum absolute atomic E-state index is 0.166. The summed E-state index contributed by atoms with van der Waals surface area (Å²) in [7, 11) is 0. The topological polar surface area (TPSA) is 53.1 Å². The summed E-state index contributed by atoms with van der Waals surface area (Å²) in [6, 6.07) is 5.07. The SMILES string of the molecule is CCN(CCC(=N)N)Cc1ccc(Br)cc1F. The normalized spacial score (nSPS) is 10.8. The van der Waals surface area contributed by atoms with Crippen molar-refractivity contribution in [2.45, 2.75) is 19.9 Å². The molecule has 0 amide bonds. The molecule has 0 saturated carbocycles. The van der Waals surface area contributed by atoms with Crippen molar-refractivity contribution in [1.82, 2.24) is 4.90 Å². The Kier molecular flexibility index (Phi) is 5.58. The second-order valence-corrected chi connectivity index (χ2v) is 4.80. The summed E-state index contributed by atoms with van der Waals surface area (Å²) in [5.74, 6) is -0.0413. The Balaban J connectivity index is 2.63. The maximum atomic E-state index is 13.6. The maximum Gasteiger partial charge on any atom is 0.128 e.